The number of rotatable bonds is 7. The lowest BCUT2D eigenvalue weighted by Gasteiger charge is -2.36. The SMILES string of the molecule is CC(C)CC(=O)N1Cc2ccccc2CC1C(=O)Nc1ccc(NC(=O)C(C)n2cncn2)cc1. The van der Waals surface area contributed by atoms with E-state index in [0.29, 0.717) is 30.8 Å². The van der Waals surface area contributed by atoms with Gasteiger partial charge in [-0.1, -0.05) is 38.1 Å². The molecule has 0 saturated heterocycles. The van der Waals surface area contributed by atoms with Crippen LogP contribution in [0.4, 0.5) is 11.4 Å². The minimum Gasteiger partial charge on any atom is -0.326 e. The number of nitrogens with zero attached hydrogens (tertiary/aromatic N) is 4. The number of carbonyl (C=O) groups excluding carboxylic acids is 3. The predicted octanol–water partition coefficient (Wildman–Crippen LogP) is 3.42. The Morgan fingerprint density at radius 1 is 0.971 bits per heavy atom. The summed E-state index contributed by atoms with van der Waals surface area (Å²) >= 11 is 0. The Morgan fingerprint density at radius 2 is 1.63 bits per heavy atom. The van der Waals surface area contributed by atoms with Crippen molar-refractivity contribution in [3.63, 3.8) is 0 Å². The zero-order chi connectivity index (χ0) is 24.9. The number of anilines is 2. The average molecular weight is 475 g/mol. The van der Waals surface area contributed by atoms with Gasteiger partial charge in [-0.25, -0.2) is 9.67 Å². The second kappa shape index (κ2) is 10.5. The average Bonchev–Trinajstić information content (AvgIpc) is 3.38. The minimum atomic E-state index is -0.584. The fourth-order valence-electron chi connectivity index (χ4n) is 4.13. The first-order valence-corrected chi connectivity index (χ1v) is 11.7. The largest absolute Gasteiger partial charge is 0.326 e. The van der Waals surface area contributed by atoms with Crippen LogP contribution in [0.25, 0.3) is 0 Å². The Morgan fingerprint density at radius 3 is 2.26 bits per heavy atom. The maximum Gasteiger partial charge on any atom is 0.249 e. The van der Waals surface area contributed by atoms with Crippen molar-refractivity contribution in [2.45, 2.75) is 52.2 Å². The monoisotopic (exact) mass is 474 g/mol. The third-order valence-electron chi connectivity index (χ3n) is 6.09. The van der Waals surface area contributed by atoms with E-state index in [1.54, 1.807) is 36.1 Å². The van der Waals surface area contributed by atoms with Crippen molar-refractivity contribution in [1.29, 1.82) is 0 Å². The van der Waals surface area contributed by atoms with E-state index in [2.05, 4.69) is 20.7 Å². The van der Waals surface area contributed by atoms with Crippen molar-refractivity contribution in [1.82, 2.24) is 19.7 Å². The van der Waals surface area contributed by atoms with Crippen molar-refractivity contribution < 1.29 is 14.4 Å². The molecule has 2 heterocycles. The van der Waals surface area contributed by atoms with E-state index in [1.165, 1.54) is 17.3 Å². The van der Waals surface area contributed by atoms with Crippen LogP contribution in [0.1, 0.15) is 44.4 Å². The molecule has 182 valence electrons. The summed E-state index contributed by atoms with van der Waals surface area (Å²) in [5, 5.41) is 9.76. The van der Waals surface area contributed by atoms with Gasteiger partial charge in [0.15, 0.2) is 0 Å². The molecule has 9 nitrogen and oxygen atoms in total. The standard InChI is InChI=1S/C26H30N6O3/c1-17(2)12-24(33)31-14-20-7-5-4-6-19(20)13-23(31)26(35)30-22-10-8-21(9-11-22)29-25(34)18(3)32-16-27-15-28-32/h4-11,15-18,23H,12-14H2,1-3H3,(H,29,34)(H,30,35). The predicted molar refractivity (Wildman–Crippen MR) is 132 cm³/mol. The molecule has 2 unspecified atom stereocenters. The molecule has 2 atom stereocenters. The minimum absolute atomic E-state index is 0.0192. The molecule has 1 aromatic heterocycles. The number of carbonyl (C=O) groups is 3. The van der Waals surface area contributed by atoms with Gasteiger partial charge in [0.05, 0.1) is 0 Å². The highest BCUT2D eigenvalue weighted by molar-refractivity contribution is 5.98. The van der Waals surface area contributed by atoms with Gasteiger partial charge in [-0.3, -0.25) is 14.4 Å². The quantitative estimate of drug-likeness (QED) is 0.545. The summed E-state index contributed by atoms with van der Waals surface area (Å²) in [5.74, 6) is -0.270. The summed E-state index contributed by atoms with van der Waals surface area (Å²) in [5.41, 5.74) is 3.35. The number of aromatic nitrogens is 3. The van der Waals surface area contributed by atoms with Gasteiger partial charge in [0.1, 0.15) is 24.7 Å². The van der Waals surface area contributed by atoms with Crippen LogP contribution in [-0.4, -0.2) is 43.4 Å². The van der Waals surface area contributed by atoms with Gasteiger partial charge < -0.3 is 15.5 Å². The lowest BCUT2D eigenvalue weighted by Crippen LogP contribution is -2.50. The van der Waals surface area contributed by atoms with Gasteiger partial charge in [-0.2, -0.15) is 5.10 Å². The van der Waals surface area contributed by atoms with Crippen molar-refractivity contribution in [3.05, 3.63) is 72.3 Å². The highest BCUT2D eigenvalue weighted by atomic mass is 16.2. The molecule has 3 aromatic rings. The first-order valence-electron chi connectivity index (χ1n) is 11.7. The lowest BCUT2D eigenvalue weighted by atomic mass is 9.92. The Kier molecular flexibility index (Phi) is 7.24. The van der Waals surface area contributed by atoms with Gasteiger partial charge in [0.2, 0.25) is 17.7 Å². The molecular formula is C26H30N6O3. The molecule has 0 radical (unpaired) electrons. The van der Waals surface area contributed by atoms with Crippen LogP contribution >= 0.6 is 0 Å². The Bertz CT molecular complexity index is 1190. The second-order valence-corrected chi connectivity index (χ2v) is 9.22. The van der Waals surface area contributed by atoms with E-state index in [1.807, 2.05) is 38.1 Å². The van der Waals surface area contributed by atoms with Crippen LogP contribution in [-0.2, 0) is 27.3 Å². The highest BCUT2D eigenvalue weighted by Crippen LogP contribution is 2.26. The molecule has 1 aliphatic rings. The Balaban J connectivity index is 1.43. The number of benzene rings is 2. The molecule has 35 heavy (non-hydrogen) atoms. The Labute approximate surface area is 204 Å². The summed E-state index contributed by atoms with van der Waals surface area (Å²) in [6, 6.07) is 13.7. The number of nitrogens with one attached hydrogen (secondary N) is 2. The first-order chi connectivity index (χ1) is 16.8. The smallest absolute Gasteiger partial charge is 0.249 e. The number of hydrogen-bond donors (Lipinski definition) is 2. The lowest BCUT2D eigenvalue weighted by molar-refractivity contribution is -0.140. The van der Waals surface area contributed by atoms with Crippen LogP contribution in [0, 0.1) is 5.92 Å². The molecule has 9 heteroatoms. The topological polar surface area (TPSA) is 109 Å². The van der Waals surface area contributed by atoms with Crippen LogP contribution in [0.5, 0.6) is 0 Å². The van der Waals surface area contributed by atoms with Gasteiger partial charge in [-0.15, -0.1) is 0 Å². The fraction of sp³-hybridized carbons (Fsp3) is 0.346. The first kappa shape index (κ1) is 24.1. The van der Waals surface area contributed by atoms with Crippen LogP contribution in [0.2, 0.25) is 0 Å². The fourth-order valence-corrected chi connectivity index (χ4v) is 4.13. The van der Waals surface area contributed by atoms with E-state index in [9.17, 15) is 14.4 Å². The van der Waals surface area contributed by atoms with Crippen molar-refractivity contribution in [2.75, 3.05) is 10.6 Å². The molecule has 1 aliphatic heterocycles. The van der Waals surface area contributed by atoms with Crippen molar-refractivity contribution >= 4 is 29.1 Å². The van der Waals surface area contributed by atoms with E-state index in [0.717, 1.165) is 11.1 Å². The van der Waals surface area contributed by atoms with E-state index < -0.39 is 12.1 Å². The number of fused-ring (bicyclic) bond motifs is 1. The van der Waals surface area contributed by atoms with Gasteiger partial charge in [0.25, 0.3) is 0 Å². The van der Waals surface area contributed by atoms with E-state index >= 15 is 0 Å². The molecular weight excluding hydrogens is 444 g/mol. The molecule has 0 aliphatic carbocycles. The normalized spacial score (nSPS) is 15.9. The summed E-state index contributed by atoms with van der Waals surface area (Å²) in [4.78, 5) is 44.2. The van der Waals surface area contributed by atoms with Crippen LogP contribution in [0.15, 0.2) is 61.2 Å². The molecule has 0 fully saturated rings. The molecule has 0 saturated carbocycles. The van der Waals surface area contributed by atoms with Gasteiger partial charge >= 0.3 is 0 Å². The van der Waals surface area contributed by atoms with Crippen LogP contribution in [0.3, 0.4) is 0 Å². The molecule has 2 N–H and O–H groups in total. The zero-order valence-electron chi connectivity index (χ0n) is 20.1. The second-order valence-electron chi connectivity index (χ2n) is 9.22. The van der Waals surface area contributed by atoms with E-state index in [-0.39, 0.29) is 23.6 Å². The number of amides is 3. The van der Waals surface area contributed by atoms with Crippen molar-refractivity contribution in [2.24, 2.45) is 5.92 Å². The molecule has 0 bridgehead atoms. The van der Waals surface area contributed by atoms with E-state index in [4.69, 9.17) is 0 Å². The maximum atomic E-state index is 13.3. The van der Waals surface area contributed by atoms with Gasteiger partial charge in [0, 0.05) is 30.8 Å². The summed E-state index contributed by atoms with van der Waals surface area (Å²) < 4.78 is 1.47. The summed E-state index contributed by atoms with van der Waals surface area (Å²) in [6.45, 7) is 6.15. The maximum absolute atomic E-state index is 13.3. The zero-order valence-corrected chi connectivity index (χ0v) is 20.1. The molecule has 3 amide bonds. The number of hydrogen-bond acceptors (Lipinski definition) is 5. The van der Waals surface area contributed by atoms with Crippen molar-refractivity contribution in [3.8, 4) is 0 Å². The summed E-state index contributed by atoms with van der Waals surface area (Å²) in [7, 11) is 0. The highest BCUT2D eigenvalue weighted by Gasteiger charge is 2.34. The Hall–Kier alpha value is -4.01. The molecule has 2 aromatic carbocycles. The third kappa shape index (κ3) is 5.74. The molecule has 4 rings (SSSR count). The van der Waals surface area contributed by atoms with Gasteiger partial charge in [-0.05, 0) is 48.2 Å². The van der Waals surface area contributed by atoms with Crippen LogP contribution < -0.4 is 10.6 Å². The molecule has 0 spiro atoms. The summed E-state index contributed by atoms with van der Waals surface area (Å²) in [6.07, 6.45) is 3.74. The third-order valence-corrected chi connectivity index (χ3v) is 6.09.